The van der Waals surface area contributed by atoms with Gasteiger partial charge in [-0.05, 0) is 12.8 Å². The lowest BCUT2D eigenvalue weighted by Crippen LogP contribution is -2.61. The number of nitrogens with one attached hydrogen (secondary N) is 1. The Morgan fingerprint density at radius 3 is 2.33 bits per heavy atom. The van der Waals surface area contributed by atoms with E-state index in [-0.39, 0.29) is 29.7 Å². The van der Waals surface area contributed by atoms with E-state index < -0.39 is 0 Å². The van der Waals surface area contributed by atoms with Crippen molar-refractivity contribution in [2.75, 3.05) is 13.1 Å². The second-order valence-electron chi connectivity index (χ2n) is 4.88. The zero-order valence-electron chi connectivity index (χ0n) is 9.32. The minimum Gasteiger partial charge on any atom is -0.350 e. The number of rotatable bonds is 3. The van der Waals surface area contributed by atoms with Gasteiger partial charge in [0.2, 0.25) is 11.8 Å². The van der Waals surface area contributed by atoms with Crippen molar-refractivity contribution in [3.8, 4) is 0 Å². The number of amides is 2. The predicted octanol–water partition coefficient (Wildman–Crippen LogP) is 0.379. The molecule has 2 fully saturated rings. The lowest BCUT2D eigenvalue weighted by atomic mass is 10.1. The Balaban J connectivity index is 1.69. The van der Waals surface area contributed by atoms with E-state index in [0.29, 0.717) is 13.1 Å². The third-order valence-electron chi connectivity index (χ3n) is 2.98. The number of nitrogens with zero attached hydrogens (tertiary/aromatic N) is 1. The lowest BCUT2D eigenvalue weighted by Gasteiger charge is -2.40. The van der Waals surface area contributed by atoms with Crippen LogP contribution in [0.15, 0.2) is 0 Å². The van der Waals surface area contributed by atoms with Gasteiger partial charge in [0.25, 0.3) is 0 Å². The first-order chi connectivity index (χ1) is 7.08. The third-order valence-corrected chi connectivity index (χ3v) is 2.98. The maximum atomic E-state index is 11.5. The Kier molecular flexibility index (Phi) is 2.67. The summed E-state index contributed by atoms with van der Waals surface area (Å²) in [6.45, 7) is 5.18. The highest BCUT2D eigenvalue weighted by molar-refractivity contribution is 5.82. The van der Waals surface area contributed by atoms with Crippen molar-refractivity contribution >= 4 is 11.8 Å². The largest absolute Gasteiger partial charge is 0.350 e. The summed E-state index contributed by atoms with van der Waals surface area (Å²) in [5.74, 6) is 0.688. The van der Waals surface area contributed by atoms with E-state index in [1.807, 2.05) is 18.7 Å². The molecular weight excluding hydrogens is 192 g/mol. The summed E-state index contributed by atoms with van der Waals surface area (Å²) >= 11 is 0. The van der Waals surface area contributed by atoms with E-state index in [2.05, 4.69) is 5.32 Å². The molecule has 0 spiro atoms. The van der Waals surface area contributed by atoms with E-state index in [4.69, 9.17) is 0 Å². The zero-order valence-corrected chi connectivity index (χ0v) is 9.32. The average molecular weight is 210 g/mol. The molecule has 1 N–H and O–H groups in total. The molecule has 1 saturated carbocycles. The van der Waals surface area contributed by atoms with Crippen LogP contribution in [-0.2, 0) is 9.59 Å². The van der Waals surface area contributed by atoms with E-state index in [0.717, 1.165) is 12.8 Å². The minimum absolute atomic E-state index is 0.0603. The molecule has 2 aliphatic rings. The Bertz CT molecular complexity index is 278. The van der Waals surface area contributed by atoms with Gasteiger partial charge in [-0.2, -0.15) is 0 Å². The maximum absolute atomic E-state index is 11.5. The van der Waals surface area contributed by atoms with Crippen molar-refractivity contribution < 1.29 is 9.59 Å². The summed E-state index contributed by atoms with van der Waals surface area (Å²) in [6, 6.07) is 0.195. The SMILES string of the molecule is CC(C)C(=O)N1CC(NC(=O)C2CC2)C1. The van der Waals surface area contributed by atoms with Gasteiger partial charge < -0.3 is 10.2 Å². The van der Waals surface area contributed by atoms with Crippen LogP contribution in [0.3, 0.4) is 0 Å². The summed E-state index contributed by atoms with van der Waals surface area (Å²) < 4.78 is 0. The standard InChI is InChI=1S/C11H18N2O2/c1-7(2)11(15)13-5-9(6-13)12-10(14)8-3-4-8/h7-9H,3-6H2,1-2H3,(H,12,14). The van der Waals surface area contributed by atoms with Crippen LogP contribution in [0.25, 0.3) is 0 Å². The van der Waals surface area contributed by atoms with Gasteiger partial charge in [-0.15, -0.1) is 0 Å². The molecule has 4 nitrogen and oxygen atoms in total. The monoisotopic (exact) mass is 210 g/mol. The first kappa shape index (κ1) is 10.5. The molecule has 1 heterocycles. The molecule has 84 valence electrons. The highest BCUT2D eigenvalue weighted by Crippen LogP contribution is 2.29. The Morgan fingerprint density at radius 1 is 1.27 bits per heavy atom. The number of likely N-dealkylation sites (tertiary alicyclic amines) is 1. The van der Waals surface area contributed by atoms with Crippen LogP contribution in [0, 0.1) is 11.8 Å². The summed E-state index contributed by atoms with van der Waals surface area (Å²) in [4.78, 5) is 24.7. The van der Waals surface area contributed by atoms with Gasteiger partial charge in [0, 0.05) is 24.9 Å². The zero-order chi connectivity index (χ0) is 11.0. The van der Waals surface area contributed by atoms with Crippen LogP contribution < -0.4 is 5.32 Å². The van der Waals surface area contributed by atoms with Crippen LogP contribution in [0.2, 0.25) is 0 Å². The fourth-order valence-electron chi connectivity index (χ4n) is 1.78. The first-order valence-electron chi connectivity index (χ1n) is 5.67. The highest BCUT2D eigenvalue weighted by Gasteiger charge is 2.36. The van der Waals surface area contributed by atoms with Gasteiger partial charge in [-0.1, -0.05) is 13.8 Å². The topological polar surface area (TPSA) is 49.4 Å². The molecule has 15 heavy (non-hydrogen) atoms. The normalized spacial score (nSPS) is 21.4. The molecule has 0 atom stereocenters. The van der Waals surface area contributed by atoms with Gasteiger partial charge in [-0.25, -0.2) is 0 Å². The highest BCUT2D eigenvalue weighted by atomic mass is 16.2. The van der Waals surface area contributed by atoms with Gasteiger partial charge >= 0.3 is 0 Å². The Morgan fingerprint density at radius 2 is 1.87 bits per heavy atom. The van der Waals surface area contributed by atoms with E-state index in [1.54, 1.807) is 0 Å². The van der Waals surface area contributed by atoms with Gasteiger partial charge in [0.1, 0.15) is 0 Å². The molecule has 1 aliphatic carbocycles. The second-order valence-corrected chi connectivity index (χ2v) is 4.88. The number of carbonyl (C=O) groups excluding carboxylic acids is 2. The summed E-state index contributed by atoms with van der Waals surface area (Å²) in [6.07, 6.45) is 2.07. The molecule has 0 aromatic heterocycles. The third kappa shape index (κ3) is 2.30. The molecule has 2 amide bonds. The quantitative estimate of drug-likeness (QED) is 0.732. The molecule has 0 unspecified atom stereocenters. The van der Waals surface area contributed by atoms with Gasteiger partial charge in [-0.3, -0.25) is 9.59 Å². The number of hydrogen-bond donors (Lipinski definition) is 1. The Hall–Kier alpha value is -1.06. The number of carbonyl (C=O) groups is 2. The van der Waals surface area contributed by atoms with Crippen molar-refractivity contribution in [2.24, 2.45) is 11.8 Å². The van der Waals surface area contributed by atoms with E-state index in [1.165, 1.54) is 0 Å². The molecule has 0 aromatic rings. The fourth-order valence-corrected chi connectivity index (χ4v) is 1.78. The summed E-state index contributed by atoms with van der Waals surface area (Å²) in [7, 11) is 0. The van der Waals surface area contributed by atoms with Crippen molar-refractivity contribution in [2.45, 2.75) is 32.7 Å². The minimum atomic E-state index is 0.0603. The van der Waals surface area contributed by atoms with E-state index >= 15 is 0 Å². The van der Waals surface area contributed by atoms with Gasteiger partial charge in [0.05, 0.1) is 6.04 Å². The molecule has 1 saturated heterocycles. The molecule has 0 aromatic carbocycles. The van der Waals surface area contributed by atoms with Gasteiger partial charge in [0.15, 0.2) is 0 Å². The molecule has 2 rings (SSSR count). The smallest absolute Gasteiger partial charge is 0.225 e. The van der Waals surface area contributed by atoms with Crippen LogP contribution in [-0.4, -0.2) is 35.8 Å². The predicted molar refractivity (Wildman–Crippen MR) is 56.1 cm³/mol. The van der Waals surface area contributed by atoms with Crippen molar-refractivity contribution in [3.05, 3.63) is 0 Å². The summed E-state index contributed by atoms with van der Waals surface area (Å²) in [5.41, 5.74) is 0. The summed E-state index contributed by atoms with van der Waals surface area (Å²) in [5, 5.41) is 2.97. The number of hydrogen-bond acceptors (Lipinski definition) is 2. The fraction of sp³-hybridized carbons (Fsp3) is 0.818. The van der Waals surface area contributed by atoms with Crippen molar-refractivity contribution in [1.29, 1.82) is 0 Å². The average Bonchev–Trinajstić information content (AvgIpc) is 2.91. The van der Waals surface area contributed by atoms with E-state index in [9.17, 15) is 9.59 Å². The van der Waals surface area contributed by atoms with Crippen molar-refractivity contribution in [1.82, 2.24) is 10.2 Å². The molecular formula is C11H18N2O2. The first-order valence-corrected chi connectivity index (χ1v) is 5.67. The lowest BCUT2D eigenvalue weighted by molar-refractivity contribution is -0.141. The van der Waals surface area contributed by atoms with Crippen LogP contribution in [0.1, 0.15) is 26.7 Å². The van der Waals surface area contributed by atoms with Crippen molar-refractivity contribution in [3.63, 3.8) is 0 Å². The maximum Gasteiger partial charge on any atom is 0.225 e. The Labute approximate surface area is 90.0 Å². The molecule has 1 aliphatic heterocycles. The van der Waals surface area contributed by atoms with Crippen LogP contribution in [0.5, 0.6) is 0 Å². The molecule has 0 bridgehead atoms. The van der Waals surface area contributed by atoms with Crippen LogP contribution in [0.4, 0.5) is 0 Å². The molecule has 4 heteroatoms. The molecule has 0 radical (unpaired) electrons. The van der Waals surface area contributed by atoms with Crippen LogP contribution >= 0.6 is 0 Å². The second kappa shape index (κ2) is 3.83.